The Hall–Kier alpha value is -2.35. The molecule has 4 nitrogen and oxygen atoms in total. The number of H-pyrrole nitrogens is 1. The van der Waals surface area contributed by atoms with E-state index in [1.165, 1.54) is 28.3 Å². The van der Waals surface area contributed by atoms with E-state index in [4.69, 9.17) is 4.98 Å². The van der Waals surface area contributed by atoms with E-state index < -0.39 is 0 Å². The van der Waals surface area contributed by atoms with Gasteiger partial charge in [-0.05, 0) is 48.5 Å². The fourth-order valence-corrected chi connectivity index (χ4v) is 5.78. The second kappa shape index (κ2) is 7.24. The van der Waals surface area contributed by atoms with Crippen molar-refractivity contribution >= 4 is 32.9 Å². The van der Waals surface area contributed by atoms with Crippen LogP contribution in [0.2, 0.25) is 0 Å². The van der Waals surface area contributed by atoms with Gasteiger partial charge in [-0.25, -0.2) is 9.37 Å². The van der Waals surface area contributed by atoms with Crippen LogP contribution in [-0.2, 0) is 6.54 Å². The number of fused-ring (bicyclic) bond motifs is 1. The van der Waals surface area contributed by atoms with Crippen LogP contribution in [0.15, 0.2) is 52.0 Å². The number of nitrogens with one attached hydrogen (secondary N) is 1. The molecule has 0 radical (unpaired) electrons. The number of halogens is 1. The van der Waals surface area contributed by atoms with E-state index in [9.17, 15) is 9.18 Å². The van der Waals surface area contributed by atoms with Gasteiger partial charge in [0, 0.05) is 21.9 Å². The molecule has 28 heavy (non-hydrogen) atoms. The molecule has 1 aliphatic heterocycles. The first-order valence-corrected chi connectivity index (χ1v) is 11.0. The van der Waals surface area contributed by atoms with Crippen molar-refractivity contribution in [1.82, 2.24) is 14.9 Å². The summed E-state index contributed by atoms with van der Waals surface area (Å²) in [4.78, 5) is 25.0. The van der Waals surface area contributed by atoms with Crippen LogP contribution in [0.4, 0.5) is 4.39 Å². The lowest BCUT2D eigenvalue weighted by Gasteiger charge is -2.22. The summed E-state index contributed by atoms with van der Waals surface area (Å²) in [5.41, 5.74) is 1.50. The smallest absolute Gasteiger partial charge is 0.260 e. The first kappa shape index (κ1) is 17.7. The molecular formula is C21H18FN3OS2. The van der Waals surface area contributed by atoms with E-state index in [1.807, 2.05) is 5.38 Å². The van der Waals surface area contributed by atoms with Gasteiger partial charge in [-0.15, -0.1) is 22.7 Å². The summed E-state index contributed by atoms with van der Waals surface area (Å²) in [6.45, 7) is 1.65. The van der Waals surface area contributed by atoms with Crippen LogP contribution in [0.5, 0.6) is 0 Å². The van der Waals surface area contributed by atoms with Crippen LogP contribution in [-0.4, -0.2) is 21.4 Å². The highest BCUT2D eigenvalue weighted by Gasteiger charge is 2.27. The van der Waals surface area contributed by atoms with Crippen molar-refractivity contribution in [2.45, 2.75) is 25.4 Å². The number of thiophene rings is 2. The monoisotopic (exact) mass is 411 g/mol. The van der Waals surface area contributed by atoms with E-state index in [0.29, 0.717) is 23.8 Å². The van der Waals surface area contributed by atoms with E-state index in [1.54, 1.807) is 23.5 Å². The predicted octanol–water partition coefficient (Wildman–Crippen LogP) is 5.19. The SMILES string of the molecule is O=c1[nH]c(CN2CCCC2c2cccs2)nc2scc(-c3ccc(F)cc3)c12. The summed E-state index contributed by atoms with van der Waals surface area (Å²) < 4.78 is 13.2. The highest BCUT2D eigenvalue weighted by atomic mass is 32.1. The summed E-state index contributed by atoms with van der Waals surface area (Å²) >= 11 is 3.24. The summed E-state index contributed by atoms with van der Waals surface area (Å²) in [6.07, 6.45) is 2.30. The standard InChI is InChI=1S/C21H18FN3OS2/c22-14-7-5-13(6-8-14)15-12-28-21-19(15)20(26)23-18(24-21)11-25-9-1-3-16(25)17-4-2-10-27-17/h2,4-8,10,12,16H,1,3,9,11H2,(H,23,24,26). The van der Waals surface area contributed by atoms with E-state index in [-0.39, 0.29) is 11.4 Å². The lowest BCUT2D eigenvalue weighted by atomic mass is 10.1. The molecule has 4 aromatic rings. The first-order chi connectivity index (χ1) is 13.7. The number of nitrogens with zero attached hydrogens (tertiary/aromatic N) is 2. The summed E-state index contributed by atoms with van der Waals surface area (Å²) in [5.74, 6) is 0.414. The van der Waals surface area contributed by atoms with Gasteiger partial charge in [-0.3, -0.25) is 9.69 Å². The second-order valence-corrected chi connectivity index (χ2v) is 8.83. The zero-order valence-corrected chi connectivity index (χ0v) is 16.7. The van der Waals surface area contributed by atoms with E-state index in [0.717, 1.165) is 35.3 Å². The van der Waals surface area contributed by atoms with Crippen LogP contribution in [0, 0.1) is 5.82 Å². The third-order valence-electron chi connectivity index (χ3n) is 5.24. The molecule has 1 unspecified atom stereocenters. The molecule has 1 aromatic carbocycles. The minimum Gasteiger partial charge on any atom is -0.309 e. The molecular weight excluding hydrogens is 393 g/mol. The molecule has 0 amide bonds. The quantitative estimate of drug-likeness (QED) is 0.503. The lowest BCUT2D eigenvalue weighted by molar-refractivity contribution is 0.245. The van der Waals surface area contributed by atoms with Gasteiger partial charge in [0.25, 0.3) is 5.56 Å². The van der Waals surface area contributed by atoms with E-state index >= 15 is 0 Å². The highest BCUT2D eigenvalue weighted by molar-refractivity contribution is 7.17. The Morgan fingerprint density at radius 2 is 2.07 bits per heavy atom. The molecule has 1 aliphatic rings. The average Bonchev–Trinajstić information content (AvgIpc) is 3.42. The molecule has 5 rings (SSSR count). The highest BCUT2D eigenvalue weighted by Crippen LogP contribution is 2.35. The molecule has 142 valence electrons. The van der Waals surface area contributed by atoms with Crippen molar-refractivity contribution in [3.8, 4) is 11.1 Å². The Morgan fingerprint density at radius 3 is 2.86 bits per heavy atom. The van der Waals surface area contributed by atoms with Gasteiger partial charge < -0.3 is 4.98 Å². The summed E-state index contributed by atoms with van der Waals surface area (Å²) in [6, 6.07) is 10.9. The first-order valence-electron chi connectivity index (χ1n) is 9.23. The number of aromatic amines is 1. The molecule has 1 N–H and O–H groups in total. The number of hydrogen-bond donors (Lipinski definition) is 1. The number of benzene rings is 1. The lowest BCUT2D eigenvalue weighted by Crippen LogP contribution is -2.25. The van der Waals surface area contributed by atoms with Gasteiger partial charge in [-0.1, -0.05) is 18.2 Å². The summed E-state index contributed by atoms with van der Waals surface area (Å²) in [5, 5.41) is 4.62. The Bertz CT molecular complexity index is 1160. The van der Waals surface area contributed by atoms with Crippen LogP contribution in [0.3, 0.4) is 0 Å². The third kappa shape index (κ3) is 3.19. The molecule has 3 aromatic heterocycles. The number of hydrogen-bond acceptors (Lipinski definition) is 5. The van der Waals surface area contributed by atoms with Gasteiger partial charge in [0.15, 0.2) is 0 Å². The van der Waals surface area contributed by atoms with Crippen molar-refractivity contribution in [3.63, 3.8) is 0 Å². The largest absolute Gasteiger partial charge is 0.309 e. The fourth-order valence-electron chi connectivity index (χ4n) is 3.92. The van der Waals surface area contributed by atoms with Crippen LogP contribution < -0.4 is 5.56 Å². The van der Waals surface area contributed by atoms with Gasteiger partial charge in [0.05, 0.1) is 11.9 Å². The maximum absolute atomic E-state index is 13.2. The Kier molecular flexibility index (Phi) is 4.58. The van der Waals surface area contributed by atoms with Crippen LogP contribution in [0.25, 0.3) is 21.3 Å². The zero-order valence-electron chi connectivity index (χ0n) is 15.0. The Morgan fingerprint density at radius 1 is 1.21 bits per heavy atom. The topological polar surface area (TPSA) is 49.0 Å². The van der Waals surface area contributed by atoms with Gasteiger partial charge in [0.2, 0.25) is 0 Å². The molecule has 0 aliphatic carbocycles. The maximum atomic E-state index is 13.2. The molecule has 4 heterocycles. The molecule has 0 saturated carbocycles. The summed E-state index contributed by atoms with van der Waals surface area (Å²) in [7, 11) is 0. The second-order valence-electron chi connectivity index (χ2n) is 6.99. The molecule has 0 bridgehead atoms. The fraction of sp³-hybridized carbons (Fsp3) is 0.238. The molecule has 1 fully saturated rings. The van der Waals surface area contributed by atoms with Gasteiger partial charge in [0.1, 0.15) is 16.5 Å². The molecule has 1 atom stereocenters. The van der Waals surface area contributed by atoms with Crippen molar-refractivity contribution < 1.29 is 4.39 Å². The normalized spacial score (nSPS) is 17.5. The number of aromatic nitrogens is 2. The average molecular weight is 412 g/mol. The van der Waals surface area contributed by atoms with Crippen molar-refractivity contribution in [1.29, 1.82) is 0 Å². The van der Waals surface area contributed by atoms with Gasteiger partial charge in [-0.2, -0.15) is 0 Å². The number of rotatable bonds is 4. The van der Waals surface area contributed by atoms with Gasteiger partial charge >= 0.3 is 0 Å². The minimum atomic E-state index is -0.288. The molecule has 0 spiro atoms. The molecule has 1 saturated heterocycles. The minimum absolute atomic E-state index is 0.132. The molecule has 7 heteroatoms. The zero-order chi connectivity index (χ0) is 19.1. The number of likely N-dealkylation sites (tertiary alicyclic amines) is 1. The van der Waals surface area contributed by atoms with Crippen LogP contribution in [0.1, 0.15) is 29.6 Å². The van der Waals surface area contributed by atoms with Crippen molar-refractivity contribution in [3.05, 3.63) is 74.0 Å². The van der Waals surface area contributed by atoms with Crippen molar-refractivity contribution in [2.24, 2.45) is 0 Å². The van der Waals surface area contributed by atoms with E-state index in [2.05, 4.69) is 27.4 Å². The predicted molar refractivity (Wildman–Crippen MR) is 112 cm³/mol. The van der Waals surface area contributed by atoms with Crippen molar-refractivity contribution in [2.75, 3.05) is 6.54 Å². The third-order valence-corrected chi connectivity index (χ3v) is 7.08. The maximum Gasteiger partial charge on any atom is 0.260 e. The van der Waals surface area contributed by atoms with Crippen LogP contribution >= 0.6 is 22.7 Å². The Labute approximate surface area is 169 Å². The Balaban J connectivity index is 1.47.